The molecule has 0 amide bonds. The van der Waals surface area contributed by atoms with Crippen molar-refractivity contribution < 1.29 is 4.74 Å². The SMILES string of the molecule is c1cnc2cc(N3CCOCC3)nc(N3CCC(CNc4ccncn4)CC3)c2c1. The Bertz CT molecular complexity index is 970. The first kappa shape index (κ1) is 19.0. The Labute approximate surface area is 176 Å². The third-order valence-corrected chi connectivity index (χ3v) is 5.97. The highest BCUT2D eigenvalue weighted by Crippen LogP contribution is 2.31. The summed E-state index contributed by atoms with van der Waals surface area (Å²) in [6, 6.07) is 8.16. The zero-order valence-corrected chi connectivity index (χ0v) is 17.1. The van der Waals surface area contributed by atoms with Crippen LogP contribution in [0.25, 0.3) is 10.9 Å². The van der Waals surface area contributed by atoms with Gasteiger partial charge < -0.3 is 19.9 Å². The van der Waals surface area contributed by atoms with Crippen molar-refractivity contribution in [2.75, 3.05) is 61.1 Å². The molecule has 0 aliphatic carbocycles. The molecule has 5 heterocycles. The molecule has 2 aliphatic heterocycles. The molecule has 0 saturated carbocycles. The van der Waals surface area contributed by atoms with Crippen molar-refractivity contribution >= 4 is 28.4 Å². The van der Waals surface area contributed by atoms with Gasteiger partial charge in [0, 0.05) is 56.6 Å². The Morgan fingerprint density at radius 1 is 1.00 bits per heavy atom. The van der Waals surface area contributed by atoms with Crippen LogP contribution >= 0.6 is 0 Å². The van der Waals surface area contributed by atoms with Crippen LogP contribution < -0.4 is 15.1 Å². The highest BCUT2D eigenvalue weighted by atomic mass is 16.5. The summed E-state index contributed by atoms with van der Waals surface area (Å²) in [6.45, 7) is 6.20. The van der Waals surface area contributed by atoms with E-state index in [1.165, 1.54) is 0 Å². The van der Waals surface area contributed by atoms with E-state index in [1.54, 1.807) is 12.5 Å². The molecule has 30 heavy (non-hydrogen) atoms. The maximum atomic E-state index is 5.51. The van der Waals surface area contributed by atoms with Gasteiger partial charge in [-0.05, 0) is 37.0 Å². The van der Waals surface area contributed by atoms with Gasteiger partial charge in [0.2, 0.25) is 0 Å². The van der Waals surface area contributed by atoms with Crippen LogP contribution in [0, 0.1) is 5.92 Å². The van der Waals surface area contributed by atoms with Crippen molar-refractivity contribution in [2.45, 2.75) is 12.8 Å². The van der Waals surface area contributed by atoms with Crippen LogP contribution in [0.1, 0.15) is 12.8 Å². The summed E-state index contributed by atoms with van der Waals surface area (Å²) < 4.78 is 5.51. The van der Waals surface area contributed by atoms with Crippen molar-refractivity contribution in [1.82, 2.24) is 19.9 Å². The van der Waals surface area contributed by atoms with E-state index >= 15 is 0 Å². The van der Waals surface area contributed by atoms with Gasteiger partial charge >= 0.3 is 0 Å². The van der Waals surface area contributed by atoms with Crippen LogP contribution in [0.5, 0.6) is 0 Å². The summed E-state index contributed by atoms with van der Waals surface area (Å²) >= 11 is 0. The third kappa shape index (κ3) is 4.14. The normalized spacial score (nSPS) is 18.0. The zero-order chi connectivity index (χ0) is 20.2. The highest BCUT2D eigenvalue weighted by Gasteiger charge is 2.23. The molecule has 2 fully saturated rings. The number of piperidine rings is 1. The van der Waals surface area contributed by atoms with Crippen molar-refractivity contribution in [3.05, 3.63) is 43.0 Å². The Morgan fingerprint density at radius 2 is 1.87 bits per heavy atom. The number of nitrogens with zero attached hydrogens (tertiary/aromatic N) is 6. The van der Waals surface area contributed by atoms with Crippen LogP contribution in [0.3, 0.4) is 0 Å². The minimum atomic E-state index is 0.628. The Morgan fingerprint density at radius 3 is 2.67 bits per heavy atom. The van der Waals surface area contributed by atoms with Gasteiger partial charge in [0.15, 0.2) is 0 Å². The van der Waals surface area contributed by atoms with E-state index in [0.29, 0.717) is 5.92 Å². The van der Waals surface area contributed by atoms with Gasteiger partial charge in [0.05, 0.1) is 18.7 Å². The number of morpholine rings is 1. The zero-order valence-electron chi connectivity index (χ0n) is 17.1. The maximum Gasteiger partial charge on any atom is 0.140 e. The van der Waals surface area contributed by atoms with Crippen LogP contribution in [0.2, 0.25) is 0 Å². The summed E-state index contributed by atoms with van der Waals surface area (Å²) in [4.78, 5) is 22.7. The van der Waals surface area contributed by atoms with Crippen molar-refractivity contribution in [2.24, 2.45) is 5.92 Å². The number of rotatable bonds is 5. The number of aromatic nitrogens is 4. The fourth-order valence-corrected chi connectivity index (χ4v) is 4.23. The highest BCUT2D eigenvalue weighted by molar-refractivity contribution is 5.91. The summed E-state index contributed by atoms with van der Waals surface area (Å²) in [5.41, 5.74) is 1.01. The van der Waals surface area contributed by atoms with Crippen LogP contribution in [-0.2, 0) is 4.74 Å². The average Bonchev–Trinajstić information content (AvgIpc) is 2.83. The molecule has 8 nitrogen and oxygen atoms in total. The van der Waals surface area contributed by atoms with Gasteiger partial charge in [-0.2, -0.15) is 0 Å². The number of anilines is 3. The molecule has 8 heteroatoms. The summed E-state index contributed by atoms with van der Waals surface area (Å²) in [6.07, 6.45) is 7.47. The van der Waals surface area contributed by atoms with Gasteiger partial charge in [0.25, 0.3) is 0 Å². The standard InChI is InChI=1S/C22H27N7O/c1-2-18-19(24-6-1)14-21(28-10-12-30-13-11-28)27-22(18)29-8-4-17(5-9-29)15-25-20-3-7-23-16-26-20/h1-3,6-7,14,16-17H,4-5,8-13,15H2,(H,23,25,26). The lowest BCUT2D eigenvalue weighted by Crippen LogP contribution is -2.38. The minimum absolute atomic E-state index is 0.628. The average molecular weight is 406 g/mol. The third-order valence-electron chi connectivity index (χ3n) is 5.97. The molecule has 1 N–H and O–H groups in total. The largest absolute Gasteiger partial charge is 0.378 e. The van der Waals surface area contributed by atoms with Gasteiger partial charge in [-0.25, -0.2) is 15.0 Å². The van der Waals surface area contributed by atoms with Gasteiger partial charge in [0.1, 0.15) is 23.8 Å². The Balaban J connectivity index is 1.31. The molecule has 3 aromatic rings. The number of ether oxygens (including phenoxy) is 1. The molecule has 0 unspecified atom stereocenters. The smallest absolute Gasteiger partial charge is 0.140 e. The molecule has 156 valence electrons. The van der Waals surface area contributed by atoms with E-state index in [0.717, 1.165) is 87.1 Å². The van der Waals surface area contributed by atoms with Crippen LogP contribution in [-0.4, -0.2) is 65.9 Å². The number of hydrogen-bond acceptors (Lipinski definition) is 8. The fourth-order valence-electron chi connectivity index (χ4n) is 4.23. The van der Waals surface area contributed by atoms with Gasteiger partial charge in [-0.1, -0.05) is 0 Å². The molecule has 2 aliphatic rings. The number of hydrogen-bond donors (Lipinski definition) is 1. The lowest BCUT2D eigenvalue weighted by molar-refractivity contribution is 0.122. The molecular weight excluding hydrogens is 378 g/mol. The molecule has 0 atom stereocenters. The predicted octanol–water partition coefficient (Wildman–Crippen LogP) is 2.58. The molecule has 0 radical (unpaired) electrons. The lowest BCUT2D eigenvalue weighted by Gasteiger charge is -2.35. The first-order valence-electron chi connectivity index (χ1n) is 10.7. The second-order valence-electron chi connectivity index (χ2n) is 7.88. The number of pyridine rings is 2. The summed E-state index contributed by atoms with van der Waals surface area (Å²) in [5.74, 6) is 3.59. The predicted molar refractivity (Wildman–Crippen MR) is 118 cm³/mol. The fraction of sp³-hybridized carbons (Fsp3) is 0.455. The van der Waals surface area contributed by atoms with Crippen LogP contribution in [0.15, 0.2) is 43.0 Å². The Kier molecular flexibility index (Phi) is 5.56. The maximum absolute atomic E-state index is 5.51. The molecule has 0 spiro atoms. The first-order valence-corrected chi connectivity index (χ1v) is 10.7. The molecule has 5 rings (SSSR count). The van der Waals surface area contributed by atoms with Gasteiger partial charge in [-0.15, -0.1) is 0 Å². The quantitative estimate of drug-likeness (QED) is 0.694. The van der Waals surface area contributed by atoms with E-state index in [1.807, 2.05) is 18.3 Å². The van der Waals surface area contributed by atoms with Crippen molar-refractivity contribution in [3.63, 3.8) is 0 Å². The monoisotopic (exact) mass is 405 g/mol. The molecule has 2 saturated heterocycles. The van der Waals surface area contributed by atoms with Crippen LogP contribution in [0.4, 0.5) is 17.5 Å². The molecule has 0 bridgehead atoms. The topological polar surface area (TPSA) is 79.3 Å². The second kappa shape index (κ2) is 8.79. The molecule has 3 aromatic heterocycles. The summed E-state index contributed by atoms with van der Waals surface area (Å²) in [5, 5.41) is 4.57. The van der Waals surface area contributed by atoms with E-state index in [2.05, 4.69) is 42.2 Å². The van der Waals surface area contributed by atoms with Crippen molar-refractivity contribution in [3.8, 4) is 0 Å². The summed E-state index contributed by atoms with van der Waals surface area (Å²) in [7, 11) is 0. The number of fused-ring (bicyclic) bond motifs is 1. The van der Waals surface area contributed by atoms with E-state index in [9.17, 15) is 0 Å². The second-order valence-corrected chi connectivity index (χ2v) is 7.88. The lowest BCUT2D eigenvalue weighted by atomic mass is 9.96. The van der Waals surface area contributed by atoms with Gasteiger partial charge in [-0.3, -0.25) is 4.98 Å². The number of nitrogens with one attached hydrogen (secondary N) is 1. The molecular formula is C22H27N7O. The minimum Gasteiger partial charge on any atom is -0.378 e. The van der Waals surface area contributed by atoms with E-state index in [4.69, 9.17) is 9.72 Å². The van der Waals surface area contributed by atoms with E-state index < -0.39 is 0 Å². The van der Waals surface area contributed by atoms with E-state index in [-0.39, 0.29) is 0 Å². The molecule has 0 aromatic carbocycles. The van der Waals surface area contributed by atoms with Crippen molar-refractivity contribution in [1.29, 1.82) is 0 Å². The first-order chi connectivity index (χ1) is 14.9. The Hall–Kier alpha value is -3.00.